The number of benzene rings is 1. The van der Waals surface area contributed by atoms with Gasteiger partial charge in [-0.3, -0.25) is 0 Å². The quantitative estimate of drug-likeness (QED) is 0.299. The highest BCUT2D eigenvalue weighted by Gasteiger charge is 2.33. The molecule has 2 aromatic heterocycles. The third-order valence-corrected chi connectivity index (χ3v) is 6.25. The molecule has 1 saturated heterocycles. The van der Waals surface area contributed by atoms with Crippen LogP contribution in [0.5, 0.6) is 5.88 Å². The minimum Gasteiger partial charge on any atom is -0.474 e. The second-order valence-electron chi connectivity index (χ2n) is 8.88. The number of anilines is 1. The van der Waals surface area contributed by atoms with Gasteiger partial charge in [-0.25, -0.2) is 18.4 Å². The van der Waals surface area contributed by atoms with E-state index in [2.05, 4.69) is 10.1 Å². The third kappa shape index (κ3) is 6.37. The predicted molar refractivity (Wildman–Crippen MR) is 125 cm³/mol. The van der Waals surface area contributed by atoms with Gasteiger partial charge in [-0.1, -0.05) is 6.92 Å². The van der Waals surface area contributed by atoms with Crippen molar-refractivity contribution < 1.29 is 36.2 Å². The Morgan fingerprint density at radius 3 is 2.32 bits per heavy atom. The van der Waals surface area contributed by atoms with E-state index in [4.69, 9.17) is 14.2 Å². The number of methoxy groups -OCH3 is 2. The fourth-order valence-corrected chi connectivity index (χ4v) is 4.26. The van der Waals surface area contributed by atoms with Crippen LogP contribution in [0.15, 0.2) is 42.6 Å². The number of aromatic nitrogens is 3. The predicted octanol–water partition coefficient (Wildman–Crippen LogP) is 5.15. The van der Waals surface area contributed by atoms with Gasteiger partial charge in [0.25, 0.3) is 0 Å². The summed E-state index contributed by atoms with van der Waals surface area (Å²) in [6.45, 7) is 3.17. The number of hydrogen-bond acceptors (Lipinski definition) is 6. The number of rotatable bonds is 8. The van der Waals surface area contributed by atoms with Crippen LogP contribution in [-0.4, -0.2) is 54.5 Å². The lowest BCUT2D eigenvalue weighted by molar-refractivity contribution is -0.137. The van der Waals surface area contributed by atoms with E-state index in [1.165, 1.54) is 37.1 Å². The largest absolute Gasteiger partial charge is 0.474 e. The zero-order valence-corrected chi connectivity index (χ0v) is 20.5. The van der Waals surface area contributed by atoms with Crippen molar-refractivity contribution in [2.24, 2.45) is 5.92 Å². The van der Waals surface area contributed by atoms with Gasteiger partial charge in [-0.05, 0) is 24.3 Å². The Morgan fingerprint density at radius 1 is 1.05 bits per heavy atom. The Labute approximate surface area is 210 Å². The summed E-state index contributed by atoms with van der Waals surface area (Å²) in [5.41, 5.74) is -0.225. The lowest BCUT2D eigenvalue weighted by atomic mass is 9.96. The van der Waals surface area contributed by atoms with E-state index >= 15 is 0 Å². The number of hydrogen-bond donors (Lipinski definition) is 0. The highest BCUT2D eigenvalue weighted by molar-refractivity contribution is 5.60. The van der Waals surface area contributed by atoms with Gasteiger partial charge in [0, 0.05) is 63.5 Å². The second-order valence-corrected chi connectivity index (χ2v) is 8.88. The summed E-state index contributed by atoms with van der Waals surface area (Å²) in [4.78, 5) is 5.90. The van der Waals surface area contributed by atoms with Crippen LogP contribution in [0, 0.1) is 17.6 Å². The molecule has 1 aliphatic rings. The van der Waals surface area contributed by atoms with Gasteiger partial charge >= 0.3 is 6.18 Å². The van der Waals surface area contributed by atoms with Crippen LogP contribution in [0.1, 0.15) is 18.9 Å². The average Bonchev–Trinajstić information content (AvgIpc) is 3.25. The van der Waals surface area contributed by atoms with E-state index in [0.29, 0.717) is 36.9 Å². The highest BCUT2D eigenvalue weighted by Crippen LogP contribution is 2.32. The number of halogens is 5. The van der Waals surface area contributed by atoms with Gasteiger partial charge in [0.2, 0.25) is 5.88 Å². The Bertz CT molecular complexity index is 1180. The van der Waals surface area contributed by atoms with E-state index < -0.39 is 29.7 Å². The lowest BCUT2D eigenvalue weighted by Gasteiger charge is -2.37. The molecule has 37 heavy (non-hydrogen) atoms. The molecule has 0 N–H and O–H groups in total. The van der Waals surface area contributed by atoms with Gasteiger partial charge in [-0.15, -0.1) is 0 Å². The standard InChI is InChI=1S/C25H27F5N4O3/c1-15-13-33(22-5-4-17(12-31-22)25(28,29)30)7-6-21(15)37-23-11-20(16-8-18(26)10-19(27)9-16)32-34(23)14-24(35-2)36-3/h4-5,8-12,15,21,24H,6-7,13-14H2,1-3H3/t15-,21+/m0/s1. The molecule has 2 atom stereocenters. The van der Waals surface area contributed by atoms with E-state index in [1.54, 1.807) is 6.07 Å². The van der Waals surface area contributed by atoms with Crippen molar-refractivity contribution in [2.45, 2.75) is 38.5 Å². The molecule has 4 rings (SSSR count). The van der Waals surface area contributed by atoms with Crippen LogP contribution in [0.4, 0.5) is 27.8 Å². The first-order chi connectivity index (χ1) is 17.6. The van der Waals surface area contributed by atoms with E-state index in [1.807, 2.05) is 11.8 Å². The smallest absolute Gasteiger partial charge is 0.417 e. The van der Waals surface area contributed by atoms with Crippen molar-refractivity contribution in [3.8, 4) is 17.1 Å². The first-order valence-corrected chi connectivity index (χ1v) is 11.6. The highest BCUT2D eigenvalue weighted by atomic mass is 19.4. The Morgan fingerprint density at radius 2 is 1.76 bits per heavy atom. The second kappa shape index (κ2) is 11.0. The Balaban J connectivity index is 1.52. The van der Waals surface area contributed by atoms with Gasteiger partial charge in [-0.2, -0.15) is 18.3 Å². The number of piperidine rings is 1. The van der Waals surface area contributed by atoms with E-state index in [0.717, 1.165) is 18.3 Å². The van der Waals surface area contributed by atoms with Crippen molar-refractivity contribution in [3.05, 3.63) is 59.8 Å². The van der Waals surface area contributed by atoms with Gasteiger partial charge in [0.05, 0.1) is 17.8 Å². The fraction of sp³-hybridized carbons (Fsp3) is 0.440. The summed E-state index contributed by atoms with van der Waals surface area (Å²) in [6.07, 6.45) is -3.92. The van der Waals surface area contributed by atoms with Crippen molar-refractivity contribution in [1.29, 1.82) is 0 Å². The molecule has 0 amide bonds. The molecule has 0 saturated carbocycles. The lowest BCUT2D eigenvalue weighted by Crippen LogP contribution is -2.45. The van der Waals surface area contributed by atoms with Crippen molar-refractivity contribution in [1.82, 2.24) is 14.8 Å². The van der Waals surface area contributed by atoms with Gasteiger partial charge < -0.3 is 19.1 Å². The molecule has 3 heterocycles. The van der Waals surface area contributed by atoms with Crippen LogP contribution >= 0.6 is 0 Å². The summed E-state index contributed by atoms with van der Waals surface area (Å²) in [7, 11) is 2.96. The van der Waals surface area contributed by atoms with Crippen LogP contribution in [0.2, 0.25) is 0 Å². The van der Waals surface area contributed by atoms with Crippen molar-refractivity contribution >= 4 is 5.82 Å². The van der Waals surface area contributed by atoms with Gasteiger partial charge in [0.1, 0.15) is 23.6 Å². The molecule has 1 fully saturated rings. The van der Waals surface area contributed by atoms with E-state index in [9.17, 15) is 22.0 Å². The minimum absolute atomic E-state index is 0.0168. The first kappa shape index (κ1) is 26.8. The molecule has 0 spiro atoms. The number of alkyl halides is 3. The topological polar surface area (TPSA) is 61.6 Å². The third-order valence-electron chi connectivity index (χ3n) is 6.25. The monoisotopic (exact) mass is 526 g/mol. The Kier molecular flexibility index (Phi) is 7.98. The molecule has 1 aromatic carbocycles. The summed E-state index contributed by atoms with van der Waals surface area (Å²) in [5.74, 6) is -0.636. The zero-order valence-electron chi connectivity index (χ0n) is 20.5. The molecule has 0 radical (unpaired) electrons. The van der Waals surface area contributed by atoms with Crippen LogP contribution in [0.25, 0.3) is 11.3 Å². The number of ether oxygens (including phenoxy) is 3. The average molecular weight is 527 g/mol. The summed E-state index contributed by atoms with van der Waals surface area (Å²) < 4.78 is 84.6. The summed E-state index contributed by atoms with van der Waals surface area (Å²) >= 11 is 0. The van der Waals surface area contributed by atoms with Crippen LogP contribution in [-0.2, 0) is 22.2 Å². The minimum atomic E-state index is -4.44. The molecule has 7 nitrogen and oxygen atoms in total. The normalized spacial score (nSPS) is 18.5. The van der Waals surface area contributed by atoms with Crippen molar-refractivity contribution in [3.63, 3.8) is 0 Å². The summed E-state index contributed by atoms with van der Waals surface area (Å²) in [5, 5.41) is 4.47. The maximum absolute atomic E-state index is 13.8. The number of pyridine rings is 1. The molecule has 12 heteroatoms. The maximum Gasteiger partial charge on any atom is 0.417 e. The molecule has 3 aromatic rings. The van der Waals surface area contributed by atoms with E-state index in [-0.39, 0.29) is 24.1 Å². The maximum atomic E-state index is 13.8. The van der Waals surface area contributed by atoms with Gasteiger partial charge in [0.15, 0.2) is 6.29 Å². The molecule has 0 bridgehead atoms. The Hall–Kier alpha value is -3.25. The molecular formula is C25H27F5N4O3. The van der Waals surface area contributed by atoms with Crippen LogP contribution < -0.4 is 9.64 Å². The SMILES string of the molecule is COC(Cn1nc(-c2cc(F)cc(F)c2)cc1O[C@@H]1CCN(c2ccc(C(F)(F)F)cn2)C[C@@H]1C)OC. The molecule has 200 valence electrons. The zero-order chi connectivity index (χ0) is 26.7. The van der Waals surface area contributed by atoms with Crippen LogP contribution in [0.3, 0.4) is 0 Å². The first-order valence-electron chi connectivity index (χ1n) is 11.6. The van der Waals surface area contributed by atoms with Crippen molar-refractivity contribution in [2.75, 3.05) is 32.2 Å². The number of nitrogens with zero attached hydrogens (tertiary/aromatic N) is 4. The molecule has 0 aliphatic carbocycles. The summed E-state index contributed by atoms with van der Waals surface area (Å²) in [6, 6.07) is 7.14. The molecule has 1 aliphatic heterocycles. The fourth-order valence-electron chi connectivity index (χ4n) is 4.26. The molecular weight excluding hydrogens is 499 g/mol. The molecule has 0 unspecified atom stereocenters.